The van der Waals surface area contributed by atoms with Crippen LogP contribution in [0.15, 0.2) is 88.7 Å². The highest BCUT2D eigenvalue weighted by Gasteiger charge is 2.54. The summed E-state index contributed by atoms with van der Waals surface area (Å²) >= 11 is 4.10. The first-order chi connectivity index (χ1) is 13.2. The number of fused-ring (bicyclic) bond motifs is 3. The molecule has 2 unspecified atom stereocenters. The summed E-state index contributed by atoms with van der Waals surface area (Å²) < 4.78 is -0.0399. The molecule has 3 heteroatoms. The van der Waals surface area contributed by atoms with Crippen molar-refractivity contribution in [1.82, 2.24) is 0 Å². The number of nitrogens with one attached hydrogen (secondary N) is 1. The molecule has 5 rings (SSSR count). The molecule has 1 spiro atoms. The van der Waals surface area contributed by atoms with Crippen LogP contribution >= 0.6 is 23.5 Å². The topological polar surface area (TPSA) is 12.0 Å². The van der Waals surface area contributed by atoms with Crippen molar-refractivity contribution >= 4 is 29.2 Å². The summed E-state index contributed by atoms with van der Waals surface area (Å²) in [5.74, 6) is 0.918. The quantitative estimate of drug-likeness (QED) is 0.508. The van der Waals surface area contributed by atoms with E-state index in [9.17, 15) is 0 Å². The fourth-order valence-corrected chi connectivity index (χ4v) is 8.06. The average Bonchev–Trinajstić information content (AvgIpc) is 3.08. The molecule has 0 saturated heterocycles. The molecule has 2 aliphatic rings. The van der Waals surface area contributed by atoms with Gasteiger partial charge in [0, 0.05) is 33.0 Å². The number of benzene rings is 3. The maximum Gasteiger partial charge on any atom is 0.106 e. The van der Waals surface area contributed by atoms with Gasteiger partial charge in [0.15, 0.2) is 0 Å². The molecule has 136 valence electrons. The molecular weight excluding hydrogens is 366 g/mol. The number of hydrogen-bond donors (Lipinski definition) is 1. The minimum absolute atomic E-state index is 0.0399. The van der Waals surface area contributed by atoms with Crippen LogP contribution in [0.2, 0.25) is 0 Å². The van der Waals surface area contributed by atoms with Gasteiger partial charge in [0.2, 0.25) is 0 Å². The molecule has 0 bridgehead atoms. The van der Waals surface area contributed by atoms with Crippen molar-refractivity contribution in [3.05, 3.63) is 90.0 Å². The molecule has 1 N–H and O–H groups in total. The Morgan fingerprint density at radius 1 is 0.778 bits per heavy atom. The Labute approximate surface area is 170 Å². The zero-order valence-corrected chi connectivity index (χ0v) is 17.2. The van der Waals surface area contributed by atoms with E-state index in [2.05, 4.69) is 98.0 Å². The van der Waals surface area contributed by atoms with Gasteiger partial charge in [-0.15, -0.1) is 23.5 Å². The van der Waals surface area contributed by atoms with E-state index in [1.54, 1.807) is 0 Å². The number of para-hydroxylation sites is 1. The molecule has 3 aromatic carbocycles. The molecule has 2 aliphatic heterocycles. The van der Waals surface area contributed by atoms with Gasteiger partial charge in [-0.25, -0.2) is 0 Å². The van der Waals surface area contributed by atoms with Gasteiger partial charge in [0.1, 0.15) is 4.08 Å². The second-order valence-electron chi connectivity index (χ2n) is 7.67. The molecule has 0 aliphatic carbocycles. The Bertz CT molecular complexity index is 942. The van der Waals surface area contributed by atoms with Gasteiger partial charge >= 0.3 is 0 Å². The van der Waals surface area contributed by atoms with Gasteiger partial charge in [-0.3, -0.25) is 0 Å². The average molecular weight is 390 g/mol. The zero-order chi connectivity index (χ0) is 18.4. The fourth-order valence-electron chi connectivity index (χ4n) is 4.42. The highest BCUT2D eigenvalue weighted by Crippen LogP contribution is 2.70. The van der Waals surface area contributed by atoms with E-state index < -0.39 is 0 Å². The highest BCUT2D eigenvalue weighted by molar-refractivity contribution is 8.20. The number of rotatable bonds is 2. The van der Waals surface area contributed by atoms with Crippen LogP contribution in [0.1, 0.15) is 30.9 Å². The molecule has 0 fully saturated rings. The third-order valence-electron chi connectivity index (χ3n) is 5.64. The van der Waals surface area contributed by atoms with Crippen molar-refractivity contribution in [3.8, 4) is 0 Å². The van der Waals surface area contributed by atoms with Crippen LogP contribution in [0.3, 0.4) is 0 Å². The van der Waals surface area contributed by atoms with Crippen LogP contribution < -0.4 is 5.32 Å². The molecule has 3 aromatic rings. The van der Waals surface area contributed by atoms with Gasteiger partial charge < -0.3 is 5.32 Å². The number of thioether (sulfide) groups is 2. The van der Waals surface area contributed by atoms with Gasteiger partial charge in [-0.2, -0.15) is 0 Å². The Balaban J connectivity index is 1.76. The largest absolute Gasteiger partial charge is 0.381 e. The molecular formula is C24H23NS2. The van der Waals surface area contributed by atoms with Gasteiger partial charge in [-0.1, -0.05) is 74.5 Å². The van der Waals surface area contributed by atoms with Crippen molar-refractivity contribution in [2.24, 2.45) is 5.92 Å². The van der Waals surface area contributed by atoms with Crippen LogP contribution in [0.25, 0.3) is 0 Å². The van der Waals surface area contributed by atoms with E-state index in [1.807, 2.05) is 23.5 Å². The maximum absolute atomic E-state index is 3.90. The van der Waals surface area contributed by atoms with Gasteiger partial charge in [0.05, 0.1) is 0 Å². The molecule has 1 nitrogen and oxygen atoms in total. The Morgan fingerprint density at radius 3 is 2.04 bits per heavy atom. The lowest BCUT2D eigenvalue weighted by Crippen LogP contribution is -2.46. The van der Waals surface area contributed by atoms with Crippen molar-refractivity contribution in [2.75, 3.05) is 5.32 Å². The summed E-state index contributed by atoms with van der Waals surface area (Å²) in [7, 11) is 0. The fraction of sp³-hybridized carbons (Fsp3) is 0.250. The molecule has 0 aromatic heterocycles. The first kappa shape index (κ1) is 17.3. The lowest BCUT2D eigenvalue weighted by molar-refractivity contribution is 0.411. The van der Waals surface area contributed by atoms with E-state index >= 15 is 0 Å². The Morgan fingerprint density at radius 2 is 1.37 bits per heavy atom. The summed E-state index contributed by atoms with van der Waals surface area (Å²) in [6.45, 7) is 4.68. The zero-order valence-electron chi connectivity index (χ0n) is 15.6. The van der Waals surface area contributed by atoms with Crippen molar-refractivity contribution in [1.29, 1.82) is 0 Å². The van der Waals surface area contributed by atoms with Crippen LogP contribution in [-0.4, -0.2) is 6.04 Å². The van der Waals surface area contributed by atoms with Crippen LogP contribution in [0, 0.1) is 5.92 Å². The maximum atomic E-state index is 3.90. The number of hydrogen-bond acceptors (Lipinski definition) is 3. The van der Waals surface area contributed by atoms with Crippen LogP contribution in [0.4, 0.5) is 5.69 Å². The van der Waals surface area contributed by atoms with E-state index in [4.69, 9.17) is 0 Å². The highest BCUT2D eigenvalue weighted by atomic mass is 32.2. The number of anilines is 1. The smallest absolute Gasteiger partial charge is 0.106 e. The lowest BCUT2D eigenvalue weighted by Gasteiger charge is -2.48. The monoisotopic (exact) mass is 389 g/mol. The second-order valence-corrected chi connectivity index (χ2v) is 10.5. The first-order valence-corrected chi connectivity index (χ1v) is 11.2. The third kappa shape index (κ3) is 2.71. The minimum Gasteiger partial charge on any atom is -0.381 e. The van der Waals surface area contributed by atoms with Crippen LogP contribution in [-0.2, 0) is 4.08 Å². The summed E-state index contributed by atoms with van der Waals surface area (Å²) in [4.78, 5) is 2.81. The molecule has 0 radical (unpaired) electrons. The molecule has 2 atom stereocenters. The summed E-state index contributed by atoms with van der Waals surface area (Å²) in [6.07, 6.45) is 0. The molecule has 27 heavy (non-hydrogen) atoms. The van der Waals surface area contributed by atoms with E-state index in [1.165, 1.54) is 26.6 Å². The van der Waals surface area contributed by atoms with Gasteiger partial charge in [-0.05, 0) is 29.7 Å². The van der Waals surface area contributed by atoms with Crippen molar-refractivity contribution in [3.63, 3.8) is 0 Å². The SMILES string of the molecule is CC(C)C1Nc2ccccc2C2(Sc3ccccc3S2)C1c1ccccc1. The van der Waals surface area contributed by atoms with Gasteiger partial charge in [0.25, 0.3) is 0 Å². The van der Waals surface area contributed by atoms with E-state index in [0.717, 1.165) is 0 Å². The van der Waals surface area contributed by atoms with Crippen molar-refractivity contribution in [2.45, 2.75) is 39.7 Å². The Kier molecular flexibility index (Phi) is 4.25. The van der Waals surface area contributed by atoms with Crippen molar-refractivity contribution < 1.29 is 0 Å². The minimum atomic E-state index is -0.0399. The van der Waals surface area contributed by atoms with Crippen LogP contribution in [0.5, 0.6) is 0 Å². The Hall–Kier alpha value is -1.84. The first-order valence-electron chi connectivity index (χ1n) is 9.57. The predicted molar refractivity (Wildman–Crippen MR) is 118 cm³/mol. The third-order valence-corrected chi connectivity index (χ3v) is 8.98. The molecule has 2 heterocycles. The summed E-state index contributed by atoms with van der Waals surface area (Å²) in [5.41, 5.74) is 4.13. The summed E-state index contributed by atoms with van der Waals surface area (Å²) in [5, 5.41) is 3.90. The second kappa shape index (κ2) is 6.65. The normalized spacial score (nSPS) is 22.3. The van der Waals surface area contributed by atoms with E-state index in [-0.39, 0.29) is 4.08 Å². The predicted octanol–water partition coefficient (Wildman–Crippen LogP) is 6.97. The lowest BCUT2D eigenvalue weighted by atomic mass is 9.77. The molecule has 0 saturated carbocycles. The van der Waals surface area contributed by atoms with E-state index in [0.29, 0.717) is 17.9 Å². The summed E-state index contributed by atoms with van der Waals surface area (Å²) in [6, 6.07) is 29.3. The molecule has 0 amide bonds. The standard InChI is InChI=1S/C24H23NS2/c1-16(2)23-22(17-10-4-3-5-11-17)24(18-12-6-7-13-19(18)25-23)26-20-14-8-9-15-21(20)27-24/h3-16,22-23,25H,1-2H3.